The molecule has 0 unspecified atom stereocenters. The summed E-state index contributed by atoms with van der Waals surface area (Å²) in [4.78, 5) is 8.94. The monoisotopic (exact) mass is 341 g/mol. The van der Waals surface area contributed by atoms with Crippen molar-refractivity contribution in [2.75, 3.05) is 0 Å². The fourth-order valence-corrected chi connectivity index (χ4v) is 3.05. The first-order valence-electron chi connectivity index (χ1n) is 5.35. The first kappa shape index (κ1) is 12.1. The van der Waals surface area contributed by atoms with Crippen LogP contribution in [-0.4, -0.2) is 14.5 Å². The number of halogens is 2. The Morgan fingerprint density at radius 3 is 3.06 bits per heavy atom. The number of aromatic nitrogens is 3. The fourth-order valence-electron chi connectivity index (χ4n) is 1.87. The Labute approximate surface area is 122 Å². The molecule has 0 spiro atoms. The summed E-state index contributed by atoms with van der Waals surface area (Å²) < 4.78 is 2.99. The molecule has 0 aliphatic heterocycles. The zero-order chi connectivity index (χ0) is 12.5. The van der Waals surface area contributed by atoms with E-state index in [0.29, 0.717) is 5.88 Å². The molecule has 0 radical (unpaired) electrons. The standard InChI is InChI=1S/C12H9BrClN3S/c13-9-3-10-12(15-5-9)17(11(4-14)16-10)6-8-1-2-18-7-8/h1-3,5,7H,4,6H2. The van der Waals surface area contributed by atoms with Crippen molar-refractivity contribution < 1.29 is 0 Å². The molecule has 0 aliphatic carbocycles. The molecule has 3 aromatic heterocycles. The quantitative estimate of drug-likeness (QED) is 0.673. The van der Waals surface area contributed by atoms with Crippen LogP contribution in [0.4, 0.5) is 0 Å². The summed E-state index contributed by atoms with van der Waals surface area (Å²) in [6.45, 7) is 0.761. The fraction of sp³-hybridized carbons (Fsp3) is 0.167. The molecule has 0 saturated heterocycles. The maximum Gasteiger partial charge on any atom is 0.160 e. The Bertz CT molecular complexity index is 678. The molecule has 3 aromatic rings. The lowest BCUT2D eigenvalue weighted by Gasteiger charge is -2.05. The molecule has 0 aliphatic rings. The average molecular weight is 343 g/mol. The molecule has 3 nitrogen and oxygen atoms in total. The van der Waals surface area contributed by atoms with Crippen LogP contribution in [0.1, 0.15) is 11.4 Å². The Kier molecular flexibility index (Phi) is 3.37. The molecule has 92 valence electrons. The van der Waals surface area contributed by atoms with Gasteiger partial charge in [0.05, 0.1) is 12.4 Å². The molecule has 3 rings (SSSR count). The van der Waals surface area contributed by atoms with E-state index in [1.807, 2.05) is 6.07 Å². The van der Waals surface area contributed by atoms with E-state index >= 15 is 0 Å². The molecular weight excluding hydrogens is 334 g/mol. The molecule has 0 fully saturated rings. The molecule has 6 heteroatoms. The van der Waals surface area contributed by atoms with E-state index in [1.54, 1.807) is 17.5 Å². The minimum absolute atomic E-state index is 0.387. The Morgan fingerprint density at radius 2 is 2.33 bits per heavy atom. The predicted octanol–water partition coefficient (Wildman–Crippen LogP) is 4.04. The number of rotatable bonds is 3. The summed E-state index contributed by atoms with van der Waals surface area (Å²) in [5.74, 6) is 1.24. The summed E-state index contributed by atoms with van der Waals surface area (Å²) in [7, 11) is 0. The lowest BCUT2D eigenvalue weighted by Crippen LogP contribution is -2.03. The third-order valence-corrected chi connectivity index (χ3v) is 4.08. The number of hydrogen-bond acceptors (Lipinski definition) is 3. The van der Waals surface area contributed by atoms with E-state index < -0.39 is 0 Å². The second kappa shape index (κ2) is 4.99. The van der Waals surface area contributed by atoms with Gasteiger partial charge in [-0.25, -0.2) is 9.97 Å². The van der Waals surface area contributed by atoms with Crippen molar-refractivity contribution in [2.45, 2.75) is 12.4 Å². The minimum atomic E-state index is 0.387. The highest BCUT2D eigenvalue weighted by atomic mass is 79.9. The molecular formula is C12H9BrClN3S. The van der Waals surface area contributed by atoms with Gasteiger partial charge in [-0.15, -0.1) is 11.6 Å². The highest BCUT2D eigenvalue weighted by Gasteiger charge is 2.12. The van der Waals surface area contributed by atoms with Gasteiger partial charge in [0.1, 0.15) is 11.3 Å². The van der Waals surface area contributed by atoms with Crippen molar-refractivity contribution in [1.82, 2.24) is 14.5 Å². The smallest absolute Gasteiger partial charge is 0.160 e. The van der Waals surface area contributed by atoms with Gasteiger partial charge in [0, 0.05) is 10.7 Å². The average Bonchev–Trinajstić information content (AvgIpc) is 2.97. The summed E-state index contributed by atoms with van der Waals surface area (Å²) >= 11 is 11.1. The molecule has 0 amide bonds. The van der Waals surface area contributed by atoms with Crippen LogP contribution in [0.2, 0.25) is 0 Å². The first-order chi connectivity index (χ1) is 8.78. The van der Waals surface area contributed by atoms with Gasteiger partial charge in [0.2, 0.25) is 0 Å². The summed E-state index contributed by atoms with van der Waals surface area (Å²) in [5, 5.41) is 4.20. The minimum Gasteiger partial charge on any atom is -0.307 e. The van der Waals surface area contributed by atoms with Crippen LogP contribution in [0.5, 0.6) is 0 Å². The lowest BCUT2D eigenvalue weighted by atomic mass is 10.3. The summed E-state index contributed by atoms with van der Waals surface area (Å²) in [5.41, 5.74) is 2.99. The number of fused-ring (bicyclic) bond motifs is 1. The van der Waals surface area contributed by atoms with Crippen LogP contribution < -0.4 is 0 Å². The molecule has 0 bridgehead atoms. The van der Waals surface area contributed by atoms with Gasteiger partial charge in [0.25, 0.3) is 0 Å². The number of hydrogen-bond donors (Lipinski definition) is 0. The van der Waals surface area contributed by atoms with Crippen LogP contribution in [0.25, 0.3) is 11.2 Å². The van der Waals surface area contributed by atoms with E-state index in [-0.39, 0.29) is 0 Å². The molecule has 0 aromatic carbocycles. The van der Waals surface area contributed by atoms with E-state index in [0.717, 1.165) is 28.0 Å². The van der Waals surface area contributed by atoms with Gasteiger partial charge >= 0.3 is 0 Å². The Hall–Kier alpha value is -0.910. The second-order valence-electron chi connectivity index (χ2n) is 3.88. The van der Waals surface area contributed by atoms with Crippen LogP contribution in [-0.2, 0) is 12.4 Å². The normalized spacial score (nSPS) is 11.2. The third kappa shape index (κ3) is 2.18. The van der Waals surface area contributed by atoms with Crippen molar-refractivity contribution in [3.8, 4) is 0 Å². The van der Waals surface area contributed by atoms with Gasteiger partial charge in [-0.2, -0.15) is 11.3 Å². The van der Waals surface area contributed by atoms with Gasteiger partial charge in [0.15, 0.2) is 5.65 Å². The highest BCUT2D eigenvalue weighted by Crippen LogP contribution is 2.21. The van der Waals surface area contributed by atoms with Gasteiger partial charge in [-0.3, -0.25) is 0 Å². The van der Waals surface area contributed by atoms with Crippen molar-refractivity contribution in [3.05, 3.63) is 45.0 Å². The maximum absolute atomic E-state index is 5.96. The predicted molar refractivity (Wildman–Crippen MR) is 78.2 cm³/mol. The summed E-state index contributed by atoms with van der Waals surface area (Å²) in [6, 6.07) is 4.07. The number of pyridine rings is 1. The Balaban J connectivity index is 2.13. The molecule has 0 N–H and O–H groups in total. The molecule has 18 heavy (non-hydrogen) atoms. The SMILES string of the molecule is ClCc1nc2cc(Br)cnc2n1Cc1ccsc1. The number of nitrogens with zero attached hydrogens (tertiary/aromatic N) is 3. The van der Waals surface area contributed by atoms with Gasteiger partial charge in [-0.1, -0.05) is 0 Å². The zero-order valence-corrected chi connectivity index (χ0v) is 12.5. The maximum atomic E-state index is 5.96. The second-order valence-corrected chi connectivity index (χ2v) is 5.84. The van der Waals surface area contributed by atoms with E-state index in [2.05, 4.69) is 47.3 Å². The largest absolute Gasteiger partial charge is 0.307 e. The van der Waals surface area contributed by atoms with E-state index in [4.69, 9.17) is 11.6 Å². The molecule has 3 heterocycles. The molecule has 0 saturated carbocycles. The van der Waals surface area contributed by atoms with Crippen LogP contribution in [0, 0.1) is 0 Å². The highest BCUT2D eigenvalue weighted by molar-refractivity contribution is 9.10. The van der Waals surface area contributed by atoms with Crippen LogP contribution in [0.3, 0.4) is 0 Å². The van der Waals surface area contributed by atoms with Crippen molar-refractivity contribution in [3.63, 3.8) is 0 Å². The number of alkyl halides is 1. The summed E-state index contributed by atoms with van der Waals surface area (Å²) in [6.07, 6.45) is 1.78. The number of imidazole rings is 1. The van der Waals surface area contributed by atoms with Crippen molar-refractivity contribution >= 4 is 50.0 Å². The van der Waals surface area contributed by atoms with Crippen molar-refractivity contribution in [1.29, 1.82) is 0 Å². The first-order valence-corrected chi connectivity index (χ1v) is 7.62. The van der Waals surface area contributed by atoms with Gasteiger partial charge < -0.3 is 4.57 Å². The number of thiophene rings is 1. The topological polar surface area (TPSA) is 30.7 Å². The third-order valence-electron chi connectivity index (χ3n) is 2.67. The van der Waals surface area contributed by atoms with E-state index in [9.17, 15) is 0 Å². The van der Waals surface area contributed by atoms with E-state index in [1.165, 1.54) is 5.56 Å². The zero-order valence-electron chi connectivity index (χ0n) is 9.31. The molecule has 0 atom stereocenters. The van der Waals surface area contributed by atoms with Crippen LogP contribution in [0.15, 0.2) is 33.6 Å². The van der Waals surface area contributed by atoms with Gasteiger partial charge in [-0.05, 0) is 44.4 Å². The van der Waals surface area contributed by atoms with Crippen molar-refractivity contribution in [2.24, 2.45) is 0 Å². The lowest BCUT2D eigenvalue weighted by molar-refractivity contribution is 0.772. The van der Waals surface area contributed by atoms with Crippen LogP contribution >= 0.6 is 38.9 Å². The Morgan fingerprint density at radius 1 is 1.44 bits per heavy atom.